The van der Waals surface area contributed by atoms with Crippen molar-refractivity contribution < 1.29 is 4.74 Å². The molecule has 0 spiro atoms. The van der Waals surface area contributed by atoms with Crippen molar-refractivity contribution in [1.29, 1.82) is 0 Å². The maximum Gasteiger partial charge on any atom is 0.123 e. The molecule has 0 radical (unpaired) electrons. The number of likely N-dealkylation sites (tertiary alicyclic amines) is 1. The Morgan fingerprint density at radius 2 is 2.05 bits per heavy atom. The largest absolute Gasteiger partial charge is 0.496 e. The molecule has 1 saturated heterocycles. The predicted octanol–water partition coefficient (Wildman–Crippen LogP) is 2.36. The lowest BCUT2D eigenvalue weighted by atomic mass is 10.0. The fraction of sp³-hybridized carbons (Fsp3) is 0.533. The van der Waals surface area contributed by atoms with E-state index in [0.29, 0.717) is 0 Å². The van der Waals surface area contributed by atoms with E-state index in [1.54, 1.807) is 7.11 Å². The van der Waals surface area contributed by atoms with Gasteiger partial charge >= 0.3 is 0 Å². The van der Waals surface area contributed by atoms with Gasteiger partial charge in [-0.15, -0.1) is 0 Å². The molecule has 1 fully saturated rings. The molecule has 1 aliphatic rings. The summed E-state index contributed by atoms with van der Waals surface area (Å²) in [5.41, 5.74) is 3.13. The molecule has 19 heavy (non-hydrogen) atoms. The lowest BCUT2D eigenvalue weighted by Gasteiger charge is -2.27. The van der Waals surface area contributed by atoms with Crippen molar-refractivity contribution in [2.24, 2.45) is 10.9 Å². The van der Waals surface area contributed by atoms with Crippen molar-refractivity contribution in [1.82, 2.24) is 4.90 Å². The Bertz CT molecular complexity index is 451. The SMILES string of the molecule is COc1ccc(C(C)=NN)cc1CN1CCCCC1. The first-order valence-corrected chi connectivity index (χ1v) is 6.88. The van der Waals surface area contributed by atoms with Gasteiger partial charge in [0.25, 0.3) is 0 Å². The molecule has 2 rings (SSSR count). The number of ether oxygens (including phenoxy) is 1. The molecule has 1 aromatic rings. The summed E-state index contributed by atoms with van der Waals surface area (Å²) in [4.78, 5) is 2.49. The Kier molecular flexibility index (Phi) is 4.80. The van der Waals surface area contributed by atoms with E-state index >= 15 is 0 Å². The Balaban J connectivity index is 2.20. The normalized spacial score (nSPS) is 17.5. The van der Waals surface area contributed by atoms with Crippen LogP contribution in [0.4, 0.5) is 0 Å². The van der Waals surface area contributed by atoms with Gasteiger partial charge in [0.2, 0.25) is 0 Å². The fourth-order valence-electron chi connectivity index (χ4n) is 2.56. The van der Waals surface area contributed by atoms with Crippen LogP contribution in [0, 0.1) is 0 Å². The maximum atomic E-state index is 5.46. The van der Waals surface area contributed by atoms with Crippen LogP contribution in [0.25, 0.3) is 0 Å². The van der Waals surface area contributed by atoms with Crippen LogP contribution in [-0.4, -0.2) is 30.8 Å². The van der Waals surface area contributed by atoms with Crippen LogP contribution in [0.3, 0.4) is 0 Å². The van der Waals surface area contributed by atoms with Gasteiger partial charge in [0.15, 0.2) is 0 Å². The second-order valence-electron chi connectivity index (χ2n) is 5.08. The van der Waals surface area contributed by atoms with Crippen molar-refractivity contribution in [2.75, 3.05) is 20.2 Å². The Hall–Kier alpha value is -1.55. The highest BCUT2D eigenvalue weighted by Crippen LogP contribution is 2.23. The first-order chi connectivity index (χ1) is 9.24. The zero-order valence-electron chi connectivity index (χ0n) is 11.9. The molecule has 1 aromatic carbocycles. The minimum atomic E-state index is 0.850. The quantitative estimate of drug-likeness (QED) is 0.514. The summed E-state index contributed by atoms with van der Waals surface area (Å²) in [5.74, 6) is 6.30. The van der Waals surface area contributed by atoms with Gasteiger partial charge in [0, 0.05) is 12.1 Å². The van der Waals surface area contributed by atoms with Crippen LogP contribution >= 0.6 is 0 Å². The molecule has 1 heterocycles. The molecule has 2 N–H and O–H groups in total. The third-order valence-electron chi connectivity index (χ3n) is 3.73. The summed E-state index contributed by atoms with van der Waals surface area (Å²) in [6.45, 7) is 5.22. The van der Waals surface area contributed by atoms with E-state index in [9.17, 15) is 0 Å². The zero-order chi connectivity index (χ0) is 13.7. The van der Waals surface area contributed by atoms with Crippen LogP contribution in [0.5, 0.6) is 5.75 Å². The molecule has 4 heteroatoms. The molecule has 104 valence electrons. The summed E-state index contributed by atoms with van der Waals surface area (Å²) in [6, 6.07) is 6.15. The standard InChI is InChI=1S/C15H23N3O/c1-12(17-16)13-6-7-15(19-2)14(10-13)11-18-8-4-3-5-9-18/h6-7,10H,3-5,8-9,11,16H2,1-2H3. The molecule has 0 atom stereocenters. The third-order valence-corrected chi connectivity index (χ3v) is 3.73. The number of hydrogen-bond acceptors (Lipinski definition) is 4. The van der Waals surface area contributed by atoms with E-state index < -0.39 is 0 Å². The molecular weight excluding hydrogens is 238 g/mol. The summed E-state index contributed by atoms with van der Waals surface area (Å²) in [7, 11) is 1.72. The Labute approximate surface area is 115 Å². The molecule has 0 saturated carbocycles. The number of hydrogen-bond donors (Lipinski definition) is 1. The first-order valence-electron chi connectivity index (χ1n) is 6.88. The van der Waals surface area contributed by atoms with Gasteiger partial charge in [-0.3, -0.25) is 4.90 Å². The minimum absolute atomic E-state index is 0.850. The number of hydrazone groups is 1. The van der Waals surface area contributed by atoms with Gasteiger partial charge in [-0.2, -0.15) is 5.10 Å². The van der Waals surface area contributed by atoms with Gasteiger partial charge in [0.1, 0.15) is 5.75 Å². The Morgan fingerprint density at radius 3 is 2.68 bits per heavy atom. The fourth-order valence-corrected chi connectivity index (χ4v) is 2.56. The predicted molar refractivity (Wildman–Crippen MR) is 78.5 cm³/mol. The number of rotatable bonds is 4. The third kappa shape index (κ3) is 3.47. The topological polar surface area (TPSA) is 50.9 Å². The monoisotopic (exact) mass is 261 g/mol. The molecule has 0 unspecified atom stereocenters. The molecular formula is C15H23N3O. The first kappa shape index (κ1) is 13.9. The second kappa shape index (κ2) is 6.57. The van der Waals surface area contributed by atoms with Gasteiger partial charge < -0.3 is 10.6 Å². The average Bonchev–Trinajstić information content (AvgIpc) is 2.47. The van der Waals surface area contributed by atoms with Crippen molar-refractivity contribution in [3.8, 4) is 5.75 Å². The smallest absolute Gasteiger partial charge is 0.123 e. The molecule has 1 aliphatic heterocycles. The highest BCUT2D eigenvalue weighted by Gasteiger charge is 2.14. The van der Waals surface area contributed by atoms with Crippen LogP contribution in [-0.2, 0) is 6.54 Å². The van der Waals surface area contributed by atoms with Crippen LogP contribution < -0.4 is 10.6 Å². The summed E-state index contributed by atoms with van der Waals surface area (Å²) in [5, 5.41) is 3.76. The molecule has 4 nitrogen and oxygen atoms in total. The van der Waals surface area contributed by atoms with E-state index in [4.69, 9.17) is 10.6 Å². The van der Waals surface area contributed by atoms with Gasteiger partial charge in [-0.1, -0.05) is 6.42 Å². The van der Waals surface area contributed by atoms with Crippen LogP contribution in [0.1, 0.15) is 37.3 Å². The molecule has 0 amide bonds. The molecule has 0 aromatic heterocycles. The van der Waals surface area contributed by atoms with Crippen LogP contribution in [0.15, 0.2) is 23.3 Å². The summed E-state index contributed by atoms with van der Waals surface area (Å²) >= 11 is 0. The second-order valence-corrected chi connectivity index (χ2v) is 5.08. The summed E-state index contributed by atoms with van der Waals surface area (Å²) < 4.78 is 5.46. The van der Waals surface area contributed by atoms with E-state index in [-0.39, 0.29) is 0 Å². The van der Waals surface area contributed by atoms with Gasteiger partial charge in [-0.25, -0.2) is 0 Å². The van der Waals surface area contributed by atoms with E-state index in [2.05, 4.69) is 16.1 Å². The highest BCUT2D eigenvalue weighted by atomic mass is 16.5. The number of piperidine rings is 1. The van der Waals surface area contributed by atoms with Crippen molar-refractivity contribution in [3.63, 3.8) is 0 Å². The zero-order valence-corrected chi connectivity index (χ0v) is 11.9. The van der Waals surface area contributed by atoms with E-state index in [1.165, 1.54) is 37.9 Å². The average molecular weight is 261 g/mol. The van der Waals surface area contributed by atoms with Crippen molar-refractivity contribution >= 4 is 5.71 Å². The lowest BCUT2D eigenvalue weighted by Crippen LogP contribution is -2.29. The van der Waals surface area contributed by atoms with Crippen molar-refractivity contribution in [3.05, 3.63) is 29.3 Å². The van der Waals surface area contributed by atoms with Crippen molar-refractivity contribution in [2.45, 2.75) is 32.7 Å². The van der Waals surface area contributed by atoms with Gasteiger partial charge in [-0.05, 0) is 56.6 Å². The highest BCUT2D eigenvalue weighted by molar-refractivity contribution is 5.98. The number of benzene rings is 1. The number of nitrogens with two attached hydrogens (primary N) is 1. The number of methoxy groups -OCH3 is 1. The van der Waals surface area contributed by atoms with Crippen LogP contribution in [0.2, 0.25) is 0 Å². The van der Waals surface area contributed by atoms with E-state index in [1.807, 2.05) is 19.1 Å². The molecule has 0 bridgehead atoms. The lowest BCUT2D eigenvalue weighted by molar-refractivity contribution is 0.218. The maximum absolute atomic E-state index is 5.46. The van der Waals surface area contributed by atoms with E-state index in [0.717, 1.165) is 23.6 Å². The number of nitrogens with zero attached hydrogens (tertiary/aromatic N) is 2. The van der Waals surface area contributed by atoms with Gasteiger partial charge in [0.05, 0.1) is 12.8 Å². The summed E-state index contributed by atoms with van der Waals surface area (Å²) in [6.07, 6.45) is 3.95. The minimum Gasteiger partial charge on any atom is -0.496 e. The molecule has 0 aliphatic carbocycles. The Morgan fingerprint density at radius 1 is 1.32 bits per heavy atom.